The Hall–Kier alpha value is -0.0800. The van der Waals surface area contributed by atoms with Crippen molar-refractivity contribution in [2.45, 2.75) is 18.4 Å². The van der Waals surface area contributed by atoms with Crippen molar-refractivity contribution in [3.63, 3.8) is 0 Å². The quantitative estimate of drug-likeness (QED) is 0.897. The van der Waals surface area contributed by atoms with Gasteiger partial charge in [0, 0.05) is 41.4 Å². The zero-order valence-corrected chi connectivity index (χ0v) is 12.8. The summed E-state index contributed by atoms with van der Waals surface area (Å²) in [5.41, 5.74) is 0. The highest BCUT2D eigenvalue weighted by molar-refractivity contribution is 7.99. The number of hydrogen-bond donors (Lipinski definition) is 1. The van der Waals surface area contributed by atoms with Gasteiger partial charge in [-0.2, -0.15) is 16.1 Å². The number of sulfonamides is 1. The Kier molecular flexibility index (Phi) is 5.08. The van der Waals surface area contributed by atoms with Gasteiger partial charge in [0.05, 0.1) is 4.90 Å². The minimum Gasteiger partial charge on any atom is -0.312 e. The first kappa shape index (κ1) is 14.3. The third-order valence-corrected chi connectivity index (χ3v) is 6.69. The van der Waals surface area contributed by atoms with Gasteiger partial charge in [-0.3, -0.25) is 0 Å². The predicted octanol–water partition coefficient (Wildman–Crippen LogP) is 1.60. The normalized spacial score (nSPS) is 18.1. The fraction of sp³-hybridized carbons (Fsp3) is 0.636. The van der Waals surface area contributed by atoms with Crippen LogP contribution in [0.4, 0.5) is 0 Å². The molecule has 0 spiro atoms. The molecule has 0 aliphatic carbocycles. The molecule has 0 aromatic carbocycles. The van der Waals surface area contributed by atoms with Crippen LogP contribution in [0.1, 0.15) is 11.8 Å². The molecule has 1 aliphatic heterocycles. The van der Waals surface area contributed by atoms with E-state index < -0.39 is 10.0 Å². The fourth-order valence-electron chi connectivity index (χ4n) is 1.77. The first-order valence-corrected chi connectivity index (χ1v) is 9.48. The van der Waals surface area contributed by atoms with Gasteiger partial charge in [0.2, 0.25) is 10.0 Å². The lowest BCUT2D eigenvalue weighted by Crippen LogP contribution is -2.37. The van der Waals surface area contributed by atoms with E-state index in [-0.39, 0.29) is 0 Å². The topological polar surface area (TPSA) is 49.4 Å². The molecule has 0 bridgehead atoms. The van der Waals surface area contributed by atoms with Crippen molar-refractivity contribution in [1.29, 1.82) is 0 Å². The number of hydrogen-bond acceptors (Lipinski definition) is 5. The van der Waals surface area contributed by atoms with Gasteiger partial charge in [-0.1, -0.05) is 6.92 Å². The average Bonchev–Trinajstić information content (AvgIpc) is 2.87. The maximum Gasteiger partial charge on any atom is 0.243 e. The van der Waals surface area contributed by atoms with Crippen LogP contribution in [0.15, 0.2) is 16.3 Å². The predicted molar refractivity (Wildman–Crippen MR) is 77.8 cm³/mol. The van der Waals surface area contributed by atoms with Crippen molar-refractivity contribution < 1.29 is 8.42 Å². The number of nitrogens with one attached hydrogen (secondary N) is 1. The number of rotatable bonds is 5. The second kappa shape index (κ2) is 6.38. The Labute approximate surface area is 117 Å². The molecule has 0 unspecified atom stereocenters. The zero-order chi connectivity index (χ0) is 13.0. The molecule has 2 heterocycles. The van der Waals surface area contributed by atoms with E-state index in [9.17, 15) is 8.42 Å². The van der Waals surface area contributed by atoms with Crippen molar-refractivity contribution >= 4 is 33.1 Å². The second-order valence-electron chi connectivity index (χ2n) is 4.05. The summed E-state index contributed by atoms with van der Waals surface area (Å²) in [4.78, 5) is 1.52. The van der Waals surface area contributed by atoms with E-state index in [0.717, 1.165) is 29.5 Å². The van der Waals surface area contributed by atoms with E-state index >= 15 is 0 Å². The highest BCUT2D eigenvalue weighted by Crippen LogP contribution is 2.24. The second-order valence-corrected chi connectivity index (χ2v) is 8.20. The smallest absolute Gasteiger partial charge is 0.243 e. The SMILES string of the molecule is CCNCc1cc(S(=O)(=O)N2CCSCC2)cs1. The molecule has 4 nitrogen and oxygen atoms in total. The number of thioether (sulfide) groups is 1. The van der Waals surface area contributed by atoms with E-state index in [0.29, 0.717) is 18.0 Å². The van der Waals surface area contributed by atoms with Crippen molar-refractivity contribution in [1.82, 2.24) is 9.62 Å². The molecule has 0 radical (unpaired) electrons. The lowest BCUT2D eigenvalue weighted by Gasteiger charge is -2.25. The van der Waals surface area contributed by atoms with Gasteiger partial charge in [-0.15, -0.1) is 11.3 Å². The van der Waals surface area contributed by atoms with E-state index in [1.807, 2.05) is 18.7 Å². The van der Waals surface area contributed by atoms with Gasteiger partial charge in [0.15, 0.2) is 0 Å². The molecule has 0 saturated carbocycles. The van der Waals surface area contributed by atoms with E-state index in [4.69, 9.17) is 0 Å². The first-order chi connectivity index (χ1) is 8.64. The van der Waals surface area contributed by atoms with Crippen LogP contribution >= 0.6 is 23.1 Å². The summed E-state index contributed by atoms with van der Waals surface area (Å²) in [6, 6.07) is 1.80. The lowest BCUT2D eigenvalue weighted by molar-refractivity contribution is 0.444. The van der Waals surface area contributed by atoms with Crippen LogP contribution in [-0.2, 0) is 16.6 Å². The number of thiophene rings is 1. The highest BCUT2D eigenvalue weighted by Gasteiger charge is 2.26. The summed E-state index contributed by atoms with van der Waals surface area (Å²) in [5, 5.41) is 4.96. The standard InChI is InChI=1S/C11H18N2O2S3/c1-2-12-8-10-7-11(9-17-10)18(14,15)13-3-5-16-6-4-13/h7,9,12H,2-6,8H2,1H3. The van der Waals surface area contributed by atoms with Crippen molar-refractivity contribution in [3.05, 3.63) is 16.3 Å². The van der Waals surface area contributed by atoms with E-state index in [1.54, 1.807) is 15.8 Å². The molecule has 1 aromatic heterocycles. The Balaban J connectivity index is 2.11. The van der Waals surface area contributed by atoms with Crippen LogP contribution in [0, 0.1) is 0 Å². The maximum atomic E-state index is 12.4. The first-order valence-electron chi connectivity index (χ1n) is 6.00. The number of nitrogens with zero attached hydrogens (tertiary/aromatic N) is 1. The Bertz CT molecular complexity index is 478. The van der Waals surface area contributed by atoms with Gasteiger partial charge in [-0.25, -0.2) is 8.42 Å². The highest BCUT2D eigenvalue weighted by atomic mass is 32.2. The van der Waals surface area contributed by atoms with Gasteiger partial charge >= 0.3 is 0 Å². The Morgan fingerprint density at radius 1 is 1.39 bits per heavy atom. The van der Waals surface area contributed by atoms with E-state index in [2.05, 4.69) is 5.32 Å². The molecule has 7 heteroatoms. The Morgan fingerprint density at radius 3 is 2.78 bits per heavy atom. The molecule has 1 N–H and O–H groups in total. The third-order valence-electron chi connectivity index (χ3n) is 2.79. The summed E-state index contributed by atoms with van der Waals surface area (Å²) in [6.07, 6.45) is 0. The van der Waals surface area contributed by atoms with Crippen LogP contribution in [0.3, 0.4) is 0 Å². The van der Waals surface area contributed by atoms with Crippen molar-refractivity contribution in [3.8, 4) is 0 Å². The largest absolute Gasteiger partial charge is 0.312 e. The summed E-state index contributed by atoms with van der Waals surface area (Å²) in [7, 11) is -3.26. The summed E-state index contributed by atoms with van der Waals surface area (Å²) in [5.74, 6) is 1.79. The van der Waals surface area contributed by atoms with E-state index in [1.165, 1.54) is 11.3 Å². The molecule has 18 heavy (non-hydrogen) atoms. The molecule has 1 aromatic rings. The fourth-order valence-corrected chi connectivity index (χ4v) is 5.58. The van der Waals surface area contributed by atoms with Crippen LogP contribution in [0.2, 0.25) is 0 Å². The minimum atomic E-state index is -3.26. The third kappa shape index (κ3) is 3.27. The van der Waals surface area contributed by atoms with Crippen molar-refractivity contribution in [2.75, 3.05) is 31.1 Å². The van der Waals surface area contributed by atoms with Gasteiger partial charge in [0.1, 0.15) is 0 Å². The van der Waals surface area contributed by atoms with Gasteiger partial charge in [0.25, 0.3) is 0 Å². The van der Waals surface area contributed by atoms with Crippen molar-refractivity contribution in [2.24, 2.45) is 0 Å². The van der Waals surface area contributed by atoms with Crippen LogP contribution in [-0.4, -0.2) is 43.9 Å². The Morgan fingerprint density at radius 2 is 2.11 bits per heavy atom. The summed E-state index contributed by atoms with van der Waals surface area (Å²) >= 11 is 3.32. The van der Waals surface area contributed by atoms with Gasteiger partial charge < -0.3 is 5.32 Å². The van der Waals surface area contributed by atoms with Crippen LogP contribution in [0.5, 0.6) is 0 Å². The van der Waals surface area contributed by atoms with Crippen LogP contribution < -0.4 is 5.32 Å². The zero-order valence-electron chi connectivity index (χ0n) is 10.4. The maximum absolute atomic E-state index is 12.4. The molecule has 2 rings (SSSR count). The lowest BCUT2D eigenvalue weighted by atomic mass is 10.4. The molecule has 0 amide bonds. The molecule has 1 aliphatic rings. The van der Waals surface area contributed by atoms with Gasteiger partial charge in [-0.05, 0) is 12.6 Å². The van der Waals surface area contributed by atoms with Crippen LogP contribution in [0.25, 0.3) is 0 Å². The molecular formula is C11H18N2O2S3. The molecule has 102 valence electrons. The molecule has 0 atom stereocenters. The average molecular weight is 306 g/mol. The summed E-state index contributed by atoms with van der Waals surface area (Å²) in [6.45, 7) is 4.93. The molecular weight excluding hydrogens is 288 g/mol. The monoisotopic (exact) mass is 306 g/mol. The minimum absolute atomic E-state index is 0.451. The molecule has 1 fully saturated rings. The summed E-state index contributed by atoms with van der Waals surface area (Å²) < 4.78 is 26.4. The molecule has 1 saturated heterocycles.